The number of hydrogen-bond acceptors (Lipinski definition) is 5. The molecule has 2 saturated heterocycles. The first-order chi connectivity index (χ1) is 9.69. The van der Waals surface area contributed by atoms with E-state index >= 15 is 0 Å². The van der Waals surface area contributed by atoms with Crippen molar-refractivity contribution in [3.63, 3.8) is 0 Å². The molecule has 0 aromatic carbocycles. The molecule has 0 spiro atoms. The highest BCUT2D eigenvalue weighted by Gasteiger charge is 2.68. The number of rotatable bonds is 3. The molecular weight excluding hydrogens is 298 g/mol. The first-order valence-electron chi connectivity index (χ1n) is 6.46. The number of imidazole rings is 1. The first-order valence-corrected chi connectivity index (χ1v) is 8.07. The van der Waals surface area contributed by atoms with Gasteiger partial charge >= 0.3 is 0 Å². The van der Waals surface area contributed by atoms with Crippen molar-refractivity contribution in [1.29, 1.82) is 0 Å². The zero-order valence-electron chi connectivity index (χ0n) is 11.6. The second-order valence-corrected chi connectivity index (χ2v) is 8.00. The van der Waals surface area contributed by atoms with Crippen molar-refractivity contribution < 1.29 is 27.7 Å². The van der Waals surface area contributed by atoms with Crippen LogP contribution >= 0.6 is 0 Å². The predicted octanol–water partition coefficient (Wildman–Crippen LogP) is -2.82. The molecule has 0 saturated carbocycles. The molecule has 9 heteroatoms. The molecule has 1 amide bonds. The third kappa shape index (κ3) is 1.66. The fourth-order valence-corrected chi connectivity index (χ4v) is 5.80. The van der Waals surface area contributed by atoms with Crippen LogP contribution in [0.5, 0.6) is 0 Å². The molecule has 2 fully saturated rings. The molecule has 2 aliphatic heterocycles. The van der Waals surface area contributed by atoms with Crippen molar-refractivity contribution >= 4 is 21.7 Å². The molecule has 0 bridgehead atoms. The minimum absolute atomic E-state index is 0.0338. The lowest BCUT2D eigenvalue weighted by atomic mass is 9.91. The Kier molecular flexibility index (Phi) is 2.72. The van der Waals surface area contributed by atoms with Gasteiger partial charge in [-0.05, 0) is 6.92 Å². The minimum atomic E-state index is -3.75. The van der Waals surface area contributed by atoms with Crippen molar-refractivity contribution in [3.8, 4) is 0 Å². The molecule has 3 heterocycles. The van der Waals surface area contributed by atoms with Crippen LogP contribution in [-0.2, 0) is 33.0 Å². The number of hydrogen-bond donors (Lipinski definition) is 0. The molecule has 1 aromatic rings. The number of carboxylic acids is 1. The molecule has 2 aliphatic rings. The van der Waals surface area contributed by atoms with Gasteiger partial charge in [0.1, 0.15) is 35.1 Å². The van der Waals surface area contributed by atoms with E-state index in [0.29, 0.717) is 0 Å². The number of nitrogens with zero attached hydrogens (tertiary/aromatic N) is 3. The SMILES string of the molecule is C[n+]1ccn(CC2C(C)(C(=O)[O-])N3C(=O)CC3S2(=O)=O)c1. The Hall–Kier alpha value is -1.90. The van der Waals surface area contributed by atoms with Crippen LogP contribution in [-0.4, -0.2) is 45.9 Å². The second kappa shape index (κ2) is 4.06. The van der Waals surface area contributed by atoms with E-state index in [0.717, 1.165) is 4.90 Å². The average molecular weight is 313 g/mol. The highest BCUT2D eigenvalue weighted by molar-refractivity contribution is 7.93. The number of carboxylic acid groups (broad SMARTS) is 1. The van der Waals surface area contributed by atoms with Crippen LogP contribution in [0, 0.1) is 0 Å². The van der Waals surface area contributed by atoms with Crippen LogP contribution in [0.25, 0.3) is 0 Å². The molecule has 3 atom stereocenters. The Labute approximate surface area is 121 Å². The molecule has 0 aliphatic carbocycles. The summed E-state index contributed by atoms with van der Waals surface area (Å²) in [6, 6.07) is 0. The first kappa shape index (κ1) is 14.1. The summed E-state index contributed by atoms with van der Waals surface area (Å²) >= 11 is 0. The summed E-state index contributed by atoms with van der Waals surface area (Å²) in [6.45, 7) is 1.22. The van der Waals surface area contributed by atoms with Gasteiger partial charge in [-0.3, -0.25) is 4.79 Å². The van der Waals surface area contributed by atoms with E-state index in [-0.39, 0.29) is 13.0 Å². The summed E-state index contributed by atoms with van der Waals surface area (Å²) < 4.78 is 28.4. The van der Waals surface area contributed by atoms with E-state index in [9.17, 15) is 23.1 Å². The summed E-state index contributed by atoms with van der Waals surface area (Å²) in [6.07, 6.45) is 4.88. The zero-order chi connectivity index (χ0) is 15.6. The van der Waals surface area contributed by atoms with E-state index in [1.54, 1.807) is 34.9 Å². The van der Waals surface area contributed by atoms with E-state index in [1.807, 2.05) is 0 Å². The number of carbonyl (C=O) groups is 2. The van der Waals surface area contributed by atoms with Gasteiger partial charge in [-0.15, -0.1) is 0 Å². The largest absolute Gasteiger partial charge is 0.548 e. The quantitative estimate of drug-likeness (QED) is 0.442. The Balaban J connectivity index is 2.06. The van der Waals surface area contributed by atoms with Crippen LogP contribution in [0.1, 0.15) is 13.3 Å². The van der Waals surface area contributed by atoms with Crippen molar-refractivity contribution in [1.82, 2.24) is 9.47 Å². The average Bonchev–Trinajstić information content (AvgIpc) is 2.82. The Morgan fingerprint density at radius 2 is 2.24 bits per heavy atom. The Bertz CT molecular complexity index is 740. The van der Waals surface area contributed by atoms with E-state index in [2.05, 4.69) is 0 Å². The summed E-state index contributed by atoms with van der Waals surface area (Å²) in [5.74, 6) is -2.00. The van der Waals surface area contributed by atoms with Crippen LogP contribution in [0.15, 0.2) is 18.7 Å². The van der Waals surface area contributed by atoms with Gasteiger partial charge in [0.15, 0.2) is 9.84 Å². The topological polar surface area (TPSA) is 103 Å². The normalized spacial score (nSPS) is 33.6. The molecule has 3 unspecified atom stereocenters. The Morgan fingerprint density at radius 3 is 2.71 bits per heavy atom. The molecular formula is C12H15N3O5S. The number of β-lactam (4-membered cyclic amide) rings is 1. The number of amides is 1. The lowest BCUT2D eigenvalue weighted by Gasteiger charge is -2.44. The molecule has 0 radical (unpaired) electrons. The fourth-order valence-electron chi connectivity index (χ4n) is 3.19. The molecule has 0 N–H and O–H groups in total. The molecule has 3 rings (SSSR count). The maximum absolute atomic E-state index is 12.5. The van der Waals surface area contributed by atoms with Gasteiger partial charge in [-0.1, -0.05) is 0 Å². The van der Waals surface area contributed by atoms with Gasteiger partial charge in [0, 0.05) is 0 Å². The number of sulfone groups is 1. The molecule has 8 nitrogen and oxygen atoms in total. The highest BCUT2D eigenvalue weighted by Crippen LogP contribution is 2.46. The fraction of sp³-hybridized carbons (Fsp3) is 0.583. The van der Waals surface area contributed by atoms with Crippen molar-refractivity contribution in [2.24, 2.45) is 7.05 Å². The number of fused-ring (bicyclic) bond motifs is 1. The maximum Gasteiger partial charge on any atom is 0.243 e. The Morgan fingerprint density at radius 1 is 1.57 bits per heavy atom. The third-order valence-corrected chi connectivity index (χ3v) is 6.96. The summed E-state index contributed by atoms with van der Waals surface area (Å²) in [5, 5.41) is 9.31. The second-order valence-electron chi connectivity index (χ2n) is 5.71. The zero-order valence-corrected chi connectivity index (χ0v) is 12.4. The van der Waals surface area contributed by atoms with Crippen molar-refractivity contribution in [2.75, 3.05) is 0 Å². The molecule has 21 heavy (non-hydrogen) atoms. The van der Waals surface area contributed by atoms with Gasteiger partial charge in [-0.25, -0.2) is 17.6 Å². The van der Waals surface area contributed by atoms with Crippen LogP contribution < -0.4 is 9.67 Å². The minimum Gasteiger partial charge on any atom is -0.548 e. The van der Waals surface area contributed by atoms with Gasteiger partial charge in [0.25, 0.3) is 0 Å². The van der Waals surface area contributed by atoms with Crippen LogP contribution in [0.3, 0.4) is 0 Å². The maximum atomic E-state index is 12.5. The van der Waals surface area contributed by atoms with Gasteiger partial charge in [0.05, 0.1) is 19.4 Å². The number of aliphatic carboxylic acids is 1. The number of carbonyl (C=O) groups excluding carboxylic acids is 2. The monoisotopic (exact) mass is 313 g/mol. The molecule has 1 aromatic heterocycles. The van der Waals surface area contributed by atoms with Crippen LogP contribution in [0.2, 0.25) is 0 Å². The van der Waals surface area contributed by atoms with Crippen molar-refractivity contribution in [2.45, 2.75) is 36.1 Å². The third-order valence-electron chi connectivity index (χ3n) is 4.42. The standard InChI is InChI=1S/C12H15N3O5S/c1-12(11(17)18)8(6-14-4-3-13(2)7-14)21(19,20)10-5-9(16)15(10)12/h3-4,7-8,10H,5-6H2,1-2H3. The lowest BCUT2D eigenvalue weighted by Crippen LogP contribution is -2.67. The smallest absolute Gasteiger partial charge is 0.243 e. The van der Waals surface area contributed by atoms with E-state index < -0.39 is 37.9 Å². The summed E-state index contributed by atoms with van der Waals surface area (Å²) in [5.41, 5.74) is -1.83. The predicted molar refractivity (Wildman–Crippen MR) is 67.0 cm³/mol. The lowest BCUT2D eigenvalue weighted by molar-refractivity contribution is -0.671. The summed E-state index contributed by atoms with van der Waals surface area (Å²) in [7, 11) is -1.98. The van der Waals surface area contributed by atoms with E-state index in [1.165, 1.54) is 6.92 Å². The summed E-state index contributed by atoms with van der Waals surface area (Å²) in [4.78, 5) is 24.2. The highest BCUT2D eigenvalue weighted by atomic mass is 32.2. The number of aryl methyl sites for hydroxylation is 1. The van der Waals surface area contributed by atoms with E-state index in [4.69, 9.17) is 0 Å². The van der Waals surface area contributed by atoms with Gasteiger partial charge in [0.2, 0.25) is 12.2 Å². The van der Waals surface area contributed by atoms with Gasteiger partial charge in [-0.2, -0.15) is 0 Å². The molecule has 114 valence electrons. The van der Waals surface area contributed by atoms with Crippen LogP contribution in [0.4, 0.5) is 0 Å². The van der Waals surface area contributed by atoms with Gasteiger partial charge < -0.3 is 14.8 Å². The van der Waals surface area contributed by atoms with Crippen molar-refractivity contribution in [3.05, 3.63) is 18.7 Å². The number of aromatic nitrogens is 2.